The topological polar surface area (TPSA) is 40.1 Å². The number of nitrogens with one attached hydrogen (secondary N) is 1. The van der Waals surface area contributed by atoms with Crippen molar-refractivity contribution in [2.75, 3.05) is 57.9 Å². The van der Waals surface area contributed by atoms with E-state index in [2.05, 4.69) is 26.2 Å². The van der Waals surface area contributed by atoms with Crippen LogP contribution in [0.2, 0.25) is 5.02 Å². The Morgan fingerprint density at radius 2 is 2.09 bits per heavy atom. The first-order chi connectivity index (χ1) is 10.7. The van der Waals surface area contributed by atoms with Crippen molar-refractivity contribution >= 4 is 23.2 Å². The first-order valence-corrected chi connectivity index (χ1v) is 8.16. The van der Waals surface area contributed by atoms with Gasteiger partial charge in [-0.3, -0.25) is 4.99 Å². The van der Waals surface area contributed by atoms with Gasteiger partial charge in [0.05, 0.1) is 6.61 Å². The minimum absolute atomic E-state index is 0.706. The number of nitrogens with zero attached hydrogens (tertiary/aromatic N) is 3. The molecule has 1 saturated heterocycles. The normalized spacial score (nSPS) is 16.0. The molecule has 0 atom stereocenters. The van der Waals surface area contributed by atoms with Gasteiger partial charge in [-0.1, -0.05) is 17.7 Å². The Kier molecular flexibility index (Phi) is 6.80. The van der Waals surface area contributed by atoms with E-state index in [4.69, 9.17) is 16.3 Å². The lowest BCUT2D eigenvalue weighted by atomic mass is 10.2. The van der Waals surface area contributed by atoms with Gasteiger partial charge in [-0.15, -0.1) is 0 Å². The lowest BCUT2D eigenvalue weighted by Crippen LogP contribution is -2.53. The Morgan fingerprint density at radius 3 is 2.73 bits per heavy atom. The molecule has 0 aromatic heterocycles. The van der Waals surface area contributed by atoms with Gasteiger partial charge in [-0.25, -0.2) is 0 Å². The quantitative estimate of drug-likeness (QED) is 0.511. The molecule has 1 fully saturated rings. The van der Waals surface area contributed by atoms with Crippen LogP contribution >= 0.6 is 11.6 Å². The summed E-state index contributed by atoms with van der Waals surface area (Å²) in [6, 6.07) is 8.03. The van der Waals surface area contributed by atoms with Gasteiger partial charge in [-0.05, 0) is 25.1 Å². The predicted molar refractivity (Wildman–Crippen MR) is 93.1 cm³/mol. The van der Waals surface area contributed by atoms with Crippen LogP contribution in [0.5, 0.6) is 0 Å². The summed E-state index contributed by atoms with van der Waals surface area (Å²) in [6.45, 7) is 8.07. The van der Waals surface area contributed by atoms with Crippen LogP contribution in [0.15, 0.2) is 29.3 Å². The van der Waals surface area contributed by atoms with Crippen molar-refractivity contribution in [2.24, 2.45) is 4.99 Å². The zero-order valence-corrected chi connectivity index (χ0v) is 14.1. The van der Waals surface area contributed by atoms with Gasteiger partial charge in [0, 0.05) is 57.1 Å². The molecule has 1 aromatic carbocycles. The Bertz CT molecular complexity index is 487. The molecule has 0 saturated carbocycles. The van der Waals surface area contributed by atoms with Gasteiger partial charge < -0.3 is 19.9 Å². The summed E-state index contributed by atoms with van der Waals surface area (Å²) in [5, 5.41) is 4.13. The van der Waals surface area contributed by atoms with Gasteiger partial charge in [0.15, 0.2) is 5.96 Å². The molecule has 0 spiro atoms. The molecule has 0 bridgehead atoms. The van der Waals surface area contributed by atoms with E-state index in [1.807, 2.05) is 32.2 Å². The summed E-state index contributed by atoms with van der Waals surface area (Å²) >= 11 is 6.07. The highest BCUT2D eigenvalue weighted by Crippen LogP contribution is 2.20. The first-order valence-electron chi connectivity index (χ1n) is 7.78. The van der Waals surface area contributed by atoms with E-state index in [1.54, 1.807) is 0 Å². The van der Waals surface area contributed by atoms with Crippen LogP contribution in [0.1, 0.15) is 6.92 Å². The van der Waals surface area contributed by atoms with Crippen molar-refractivity contribution in [2.45, 2.75) is 6.92 Å². The average molecular weight is 325 g/mol. The number of benzene rings is 1. The van der Waals surface area contributed by atoms with Crippen molar-refractivity contribution < 1.29 is 4.74 Å². The Labute approximate surface area is 137 Å². The molecular formula is C16H25ClN4O. The number of piperazine rings is 1. The van der Waals surface area contributed by atoms with Crippen molar-refractivity contribution in [3.8, 4) is 0 Å². The molecule has 122 valence electrons. The van der Waals surface area contributed by atoms with Crippen LogP contribution in [-0.4, -0.2) is 63.8 Å². The van der Waals surface area contributed by atoms with Crippen LogP contribution in [0.25, 0.3) is 0 Å². The fraction of sp³-hybridized carbons (Fsp3) is 0.562. The number of halogens is 1. The highest BCUT2D eigenvalue weighted by atomic mass is 35.5. The zero-order chi connectivity index (χ0) is 15.8. The molecule has 0 radical (unpaired) electrons. The number of guanidine groups is 1. The van der Waals surface area contributed by atoms with Crippen LogP contribution in [0.3, 0.4) is 0 Å². The van der Waals surface area contributed by atoms with Gasteiger partial charge in [0.25, 0.3) is 0 Å². The van der Waals surface area contributed by atoms with Gasteiger partial charge >= 0.3 is 0 Å². The molecule has 0 amide bonds. The van der Waals surface area contributed by atoms with E-state index in [9.17, 15) is 0 Å². The summed E-state index contributed by atoms with van der Waals surface area (Å²) in [6.07, 6.45) is 0. The minimum Gasteiger partial charge on any atom is -0.380 e. The van der Waals surface area contributed by atoms with E-state index in [1.165, 1.54) is 5.69 Å². The van der Waals surface area contributed by atoms with Crippen molar-refractivity contribution in [3.05, 3.63) is 29.3 Å². The van der Waals surface area contributed by atoms with E-state index < -0.39 is 0 Å². The number of hydrogen-bond acceptors (Lipinski definition) is 3. The van der Waals surface area contributed by atoms with Gasteiger partial charge in [0.1, 0.15) is 0 Å². The van der Waals surface area contributed by atoms with Crippen LogP contribution in [-0.2, 0) is 4.74 Å². The van der Waals surface area contributed by atoms with E-state index in [0.717, 1.165) is 50.3 Å². The Balaban J connectivity index is 1.83. The average Bonchev–Trinajstić information content (AvgIpc) is 2.55. The molecule has 1 aliphatic rings. The fourth-order valence-electron chi connectivity index (χ4n) is 2.56. The SMILES string of the molecule is CCOCCNC(=NC)N1CCN(c2cccc(Cl)c2)CC1. The predicted octanol–water partition coefficient (Wildman–Crippen LogP) is 2.07. The second-order valence-electron chi connectivity index (χ2n) is 5.12. The maximum absolute atomic E-state index is 6.07. The molecule has 1 N–H and O–H groups in total. The van der Waals surface area contributed by atoms with E-state index in [0.29, 0.717) is 6.61 Å². The smallest absolute Gasteiger partial charge is 0.193 e. The summed E-state index contributed by atoms with van der Waals surface area (Å²) < 4.78 is 5.35. The molecule has 1 aromatic rings. The highest BCUT2D eigenvalue weighted by molar-refractivity contribution is 6.30. The maximum atomic E-state index is 6.07. The van der Waals surface area contributed by atoms with Gasteiger partial charge in [0.2, 0.25) is 0 Å². The molecule has 1 heterocycles. The monoisotopic (exact) mass is 324 g/mol. The second kappa shape index (κ2) is 8.86. The maximum Gasteiger partial charge on any atom is 0.193 e. The van der Waals surface area contributed by atoms with Crippen molar-refractivity contribution in [1.29, 1.82) is 0 Å². The van der Waals surface area contributed by atoms with Gasteiger partial charge in [-0.2, -0.15) is 0 Å². The third-order valence-corrected chi connectivity index (χ3v) is 3.93. The summed E-state index contributed by atoms with van der Waals surface area (Å²) in [5.74, 6) is 0.949. The summed E-state index contributed by atoms with van der Waals surface area (Å²) in [5.41, 5.74) is 1.19. The number of anilines is 1. The summed E-state index contributed by atoms with van der Waals surface area (Å²) in [7, 11) is 1.83. The standard InChI is InChI=1S/C16H25ClN4O/c1-3-22-12-7-19-16(18-2)21-10-8-20(9-11-21)15-6-4-5-14(17)13-15/h4-6,13H,3,7-12H2,1-2H3,(H,18,19). The number of hydrogen-bond donors (Lipinski definition) is 1. The van der Waals surface area contributed by atoms with Crippen LogP contribution < -0.4 is 10.2 Å². The highest BCUT2D eigenvalue weighted by Gasteiger charge is 2.19. The van der Waals surface area contributed by atoms with Crippen LogP contribution in [0, 0.1) is 0 Å². The fourth-order valence-corrected chi connectivity index (χ4v) is 2.75. The first kappa shape index (κ1) is 16.9. The van der Waals surface area contributed by atoms with Crippen molar-refractivity contribution in [3.63, 3.8) is 0 Å². The van der Waals surface area contributed by atoms with Crippen LogP contribution in [0.4, 0.5) is 5.69 Å². The third-order valence-electron chi connectivity index (χ3n) is 3.70. The summed E-state index contributed by atoms with van der Waals surface area (Å²) in [4.78, 5) is 9.00. The zero-order valence-electron chi connectivity index (χ0n) is 13.4. The van der Waals surface area contributed by atoms with E-state index >= 15 is 0 Å². The second-order valence-corrected chi connectivity index (χ2v) is 5.56. The molecular weight excluding hydrogens is 300 g/mol. The largest absolute Gasteiger partial charge is 0.380 e. The number of aliphatic imine (C=N–C) groups is 1. The molecule has 5 nitrogen and oxygen atoms in total. The number of rotatable bonds is 5. The molecule has 1 aliphatic heterocycles. The Hall–Kier alpha value is -1.46. The van der Waals surface area contributed by atoms with E-state index in [-0.39, 0.29) is 0 Å². The molecule has 6 heteroatoms. The molecule has 22 heavy (non-hydrogen) atoms. The molecule has 0 unspecified atom stereocenters. The minimum atomic E-state index is 0.706. The lowest BCUT2D eigenvalue weighted by Gasteiger charge is -2.37. The molecule has 0 aliphatic carbocycles. The lowest BCUT2D eigenvalue weighted by molar-refractivity contribution is 0.151. The number of ether oxygens (including phenoxy) is 1. The molecule has 2 rings (SSSR count). The van der Waals surface area contributed by atoms with Crippen molar-refractivity contribution in [1.82, 2.24) is 10.2 Å². The Morgan fingerprint density at radius 1 is 1.32 bits per heavy atom. The third kappa shape index (κ3) is 4.78.